The van der Waals surface area contributed by atoms with Gasteiger partial charge in [0.1, 0.15) is 11.4 Å². The maximum atomic E-state index is 9.74. The van der Waals surface area contributed by atoms with Gasteiger partial charge in [0.2, 0.25) is 0 Å². The molecule has 0 radical (unpaired) electrons. The Morgan fingerprint density at radius 2 is 2.12 bits per heavy atom. The fourth-order valence-corrected chi connectivity index (χ4v) is 2.40. The lowest BCUT2D eigenvalue weighted by molar-refractivity contribution is 0.373. The van der Waals surface area contributed by atoms with Crippen LogP contribution in [0.15, 0.2) is 41.5 Å². The quantitative estimate of drug-likeness (QED) is 0.458. The number of ether oxygens (including phenoxy) is 1. The van der Waals surface area contributed by atoms with Crippen LogP contribution in [-0.2, 0) is 0 Å². The topological polar surface area (TPSA) is 119 Å². The standard InChI is InChI=1S/C18H20N6O2/c1-20-8-7-16(19)23-17-10-21-13-5-4-12(22-18(13)24-17)11-3-6-14(25)15(9-11)26-2/h3-6,9-10,20,25H,7-8H2,1-2H3,(H2,19,22,23,24). The van der Waals surface area contributed by atoms with Crippen LogP contribution in [-0.4, -0.2) is 46.6 Å². The summed E-state index contributed by atoms with van der Waals surface area (Å²) < 4.78 is 5.15. The van der Waals surface area contributed by atoms with Crippen LogP contribution in [0.5, 0.6) is 11.5 Å². The largest absolute Gasteiger partial charge is 0.504 e. The van der Waals surface area contributed by atoms with Crippen LogP contribution >= 0.6 is 0 Å². The second-order valence-electron chi connectivity index (χ2n) is 5.61. The molecule has 0 unspecified atom stereocenters. The summed E-state index contributed by atoms with van der Waals surface area (Å²) in [5.41, 5.74) is 8.50. The molecule has 134 valence electrons. The predicted molar refractivity (Wildman–Crippen MR) is 101 cm³/mol. The lowest BCUT2D eigenvalue weighted by atomic mass is 10.1. The number of rotatable bonds is 6. The van der Waals surface area contributed by atoms with Gasteiger partial charge in [-0.05, 0) is 37.4 Å². The number of amidine groups is 1. The maximum Gasteiger partial charge on any atom is 0.180 e. The Balaban J connectivity index is 1.97. The number of aliphatic imine (C=N–C) groups is 1. The minimum absolute atomic E-state index is 0.0745. The summed E-state index contributed by atoms with van der Waals surface area (Å²) in [6.07, 6.45) is 2.19. The number of pyridine rings is 1. The smallest absolute Gasteiger partial charge is 0.180 e. The van der Waals surface area contributed by atoms with Crippen LogP contribution in [0, 0.1) is 0 Å². The number of nitrogens with two attached hydrogens (primary N) is 1. The highest BCUT2D eigenvalue weighted by molar-refractivity contribution is 5.83. The summed E-state index contributed by atoms with van der Waals surface area (Å²) in [5, 5.41) is 12.8. The van der Waals surface area contributed by atoms with E-state index < -0.39 is 0 Å². The van der Waals surface area contributed by atoms with Crippen LogP contribution in [0.25, 0.3) is 22.4 Å². The van der Waals surface area contributed by atoms with Gasteiger partial charge in [-0.2, -0.15) is 0 Å². The van der Waals surface area contributed by atoms with Gasteiger partial charge in [-0.25, -0.2) is 19.9 Å². The molecule has 26 heavy (non-hydrogen) atoms. The summed E-state index contributed by atoms with van der Waals surface area (Å²) in [4.78, 5) is 17.6. The molecule has 4 N–H and O–H groups in total. The SMILES string of the molecule is CNCCC(N)=Nc1cnc2ccc(-c3ccc(O)c(OC)c3)nc2n1. The van der Waals surface area contributed by atoms with Gasteiger partial charge >= 0.3 is 0 Å². The molecule has 8 heteroatoms. The summed E-state index contributed by atoms with van der Waals surface area (Å²) >= 11 is 0. The van der Waals surface area contributed by atoms with Crippen LogP contribution < -0.4 is 15.8 Å². The number of fused-ring (bicyclic) bond motifs is 1. The molecule has 8 nitrogen and oxygen atoms in total. The van der Waals surface area contributed by atoms with Crippen molar-refractivity contribution >= 4 is 22.8 Å². The number of phenols is 1. The zero-order valence-corrected chi connectivity index (χ0v) is 14.6. The van der Waals surface area contributed by atoms with Gasteiger partial charge in [0.05, 0.1) is 19.0 Å². The van der Waals surface area contributed by atoms with Crippen molar-refractivity contribution in [3.63, 3.8) is 0 Å². The first kappa shape index (κ1) is 17.6. The number of aromatic hydroxyl groups is 1. The van der Waals surface area contributed by atoms with E-state index in [1.807, 2.05) is 19.2 Å². The highest BCUT2D eigenvalue weighted by atomic mass is 16.5. The van der Waals surface area contributed by atoms with Gasteiger partial charge in [-0.15, -0.1) is 0 Å². The summed E-state index contributed by atoms with van der Waals surface area (Å²) in [6, 6.07) is 8.72. The van der Waals surface area contributed by atoms with Crippen molar-refractivity contribution in [2.75, 3.05) is 20.7 Å². The van der Waals surface area contributed by atoms with E-state index in [1.54, 1.807) is 24.4 Å². The molecule has 0 fully saturated rings. The van der Waals surface area contributed by atoms with Crippen molar-refractivity contribution in [3.05, 3.63) is 36.5 Å². The fourth-order valence-electron chi connectivity index (χ4n) is 2.40. The predicted octanol–water partition coefficient (Wildman–Crippen LogP) is 2.00. The highest BCUT2D eigenvalue weighted by Gasteiger charge is 2.08. The van der Waals surface area contributed by atoms with E-state index in [-0.39, 0.29) is 5.75 Å². The molecule has 3 aromatic rings. The molecule has 0 aliphatic heterocycles. The van der Waals surface area contributed by atoms with Crippen molar-refractivity contribution in [1.29, 1.82) is 0 Å². The van der Waals surface area contributed by atoms with E-state index in [0.717, 1.165) is 12.1 Å². The average molecular weight is 352 g/mol. The molecule has 0 aliphatic rings. The van der Waals surface area contributed by atoms with E-state index >= 15 is 0 Å². The number of phenolic OH excluding ortho intramolecular Hbond substituents is 1. The molecule has 0 spiro atoms. The second kappa shape index (κ2) is 7.75. The Labute approximate surface area is 150 Å². The third-order valence-corrected chi connectivity index (χ3v) is 3.76. The Morgan fingerprint density at radius 1 is 1.27 bits per heavy atom. The molecular weight excluding hydrogens is 332 g/mol. The summed E-state index contributed by atoms with van der Waals surface area (Å²) in [6.45, 7) is 0.738. The van der Waals surface area contributed by atoms with Gasteiger partial charge in [-0.3, -0.25) is 0 Å². The van der Waals surface area contributed by atoms with Gasteiger partial charge in [-0.1, -0.05) is 0 Å². The molecule has 0 saturated heterocycles. The fraction of sp³-hybridized carbons (Fsp3) is 0.222. The molecular formula is C18H20N6O2. The van der Waals surface area contributed by atoms with Crippen LogP contribution in [0.2, 0.25) is 0 Å². The van der Waals surface area contributed by atoms with Crippen molar-refractivity contribution in [2.24, 2.45) is 10.7 Å². The number of aromatic nitrogens is 3. The Kier molecular flexibility index (Phi) is 5.23. The van der Waals surface area contributed by atoms with E-state index in [2.05, 4.69) is 25.3 Å². The maximum absolute atomic E-state index is 9.74. The molecule has 0 amide bonds. The normalized spacial score (nSPS) is 11.7. The van der Waals surface area contributed by atoms with Crippen molar-refractivity contribution in [1.82, 2.24) is 20.3 Å². The lowest BCUT2D eigenvalue weighted by Gasteiger charge is -2.07. The molecule has 0 aliphatic carbocycles. The van der Waals surface area contributed by atoms with Crippen LogP contribution in [0.1, 0.15) is 6.42 Å². The van der Waals surface area contributed by atoms with Crippen molar-refractivity contribution in [3.8, 4) is 22.8 Å². The first-order valence-electron chi connectivity index (χ1n) is 8.09. The lowest BCUT2D eigenvalue weighted by Crippen LogP contribution is -2.19. The molecule has 3 rings (SSSR count). The minimum atomic E-state index is 0.0745. The molecule has 0 bridgehead atoms. The van der Waals surface area contributed by atoms with Gasteiger partial charge in [0.25, 0.3) is 0 Å². The van der Waals surface area contributed by atoms with Crippen molar-refractivity contribution < 1.29 is 9.84 Å². The third-order valence-electron chi connectivity index (χ3n) is 3.76. The number of hydrogen-bond donors (Lipinski definition) is 3. The number of benzene rings is 1. The van der Waals surface area contributed by atoms with E-state index in [9.17, 15) is 5.11 Å². The third kappa shape index (κ3) is 3.86. The van der Waals surface area contributed by atoms with Gasteiger partial charge in [0.15, 0.2) is 23.0 Å². The first-order valence-corrected chi connectivity index (χ1v) is 8.09. The van der Waals surface area contributed by atoms with E-state index in [1.165, 1.54) is 7.11 Å². The van der Waals surface area contributed by atoms with Crippen LogP contribution in [0.4, 0.5) is 5.82 Å². The second-order valence-corrected chi connectivity index (χ2v) is 5.61. The molecule has 0 atom stereocenters. The average Bonchev–Trinajstić information content (AvgIpc) is 2.66. The Bertz CT molecular complexity index is 958. The number of nitrogens with one attached hydrogen (secondary N) is 1. The Hall–Kier alpha value is -3.26. The van der Waals surface area contributed by atoms with Gasteiger partial charge < -0.3 is 20.9 Å². The molecule has 2 aromatic heterocycles. The molecule has 0 saturated carbocycles. The molecule has 2 heterocycles. The zero-order valence-electron chi connectivity index (χ0n) is 14.6. The van der Waals surface area contributed by atoms with Crippen LogP contribution in [0.3, 0.4) is 0 Å². The van der Waals surface area contributed by atoms with E-state index in [0.29, 0.717) is 40.7 Å². The minimum Gasteiger partial charge on any atom is -0.504 e. The van der Waals surface area contributed by atoms with E-state index in [4.69, 9.17) is 10.5 Å². The summed E-state index contributed by atoms with van der Waals surface area (Å²) in [5.74, 6) is 1.35. The number of hydrogen-bond acceptors (Lipinski definition) is 7. The number of methoxy groups -OCH3 is 1. The number of nitrogens with zero attached hydrogens (tertiary/aromatic N) is 4. The monoisotopic (exact) mass is 352 g/mol. The Morgan fingerprint density at radius 3 is 2.88 bits per heavy atom. The van der Waals surface area contributed by atoms with Gasteiger partial charge in [0, 0.05) is 18.5 Å². The van der Waals surface area contributed by atoms with Crippen molar-refractivity contribution in [2.45, 2.75) is 6.42 Å². The zero-order chi connectivity index (χ0) is 18.5. The molecule has 1 aromatic carbocycles. The summed E-state index contributed by atoms with van der Waals surface area (Å²) in [7, 11) is 3.35. The first-order chi connectivity index (χ1) is 12.6. The highest BCUT2D eigenvalue weighted by Crippen LogP contribution is 2.31.